The Morgan fingerprint density at radius 3 is 2.83 bits per heavy atom. The molecule has 1 atom stereocenters. The van der Waals surface area contributed by atoms with Crippen molar-refractivity contribution in [3.63, 3.8) is 0 Å². The van der Waals surface area contributed by atoms with Gasteiger partial charge in [-0.1, -0.05) is 30.3 Å². The molecule has 126 valence electrons. The van der Waals surface area contributed by atoms with Gasteiger partial charge < -0.3 is 14.4 Å². The number of hydrogen-bond donors (Lipinski definition) is 0. The summed E-state index contributed by atoms with van der Waals surface area (Å²) in [5, 5.41) is 0. The predicted molar refractivity (Wildman–Crippen MR) is 89.0 cm³/mol. The zero-order valence-electron chi connectivity index (χ0n) is 13.7. The summed E-state index contributed by atoms with van der Waals surface area (Å²) in [5.74, 6) is 0.975. The maximum absolute atomic E-state index is 12.5. The summed E-state index contributed by atoms with van der Waals surface area (Å²) >= 11 is 0. The SMILES string of the molecule is COc1cncc(OC2CCCN(C(=O)Cc3ccccc3)C2)n1. The summed E-state index contributed by atoms with van der Waals surface area (Å²) in [6.45, 7) is 1.35. The molecule has 2 heterocycles. The number of carbonyl (C=O) groups is 1. The smallest absolute Gasteiger partial charge is 0.235 e. The number of nitrogens with zero attached hydrogens (tertiary/aromatic N) is 3. The number of carbonyl (C=O) groups excluding carboxylic acids is 1. The Balaban J connectivity index is 1.58. The molecule has 2 aromatic rings. The number of piperidine rings is 1. The quantitative estimate of drug-likeness (QED) is 0.841. The molecule has 1 amide bonds. The van der Waals surface area contributed by atoms with Gasteiger partial charge in [-0.15, -0.1) is 0 Å². The van der Waals surface area contributed by atoms with Gasteiger partial charge in [0.2, 0.25) is 17.7 Å². The van der Waals surface area contributed by atoms with E-state index < -0.39 is 0 Å². The lowest BCUT2D eigenvalue weighted by molar-refractivity contribution is -0.133. The van der Waals surface area contributed by atoms with Crippen LogP contribution in [-0.4, -0.2) is 47.1 Å². The van der Waals surface area contributed by atoms with Crippen molar-refractivity contribution in [2.24, 2.45) is 0 Å². The van der Waals surface area contributed by atoms with Crippen molar-refractivity contribution in [3.05, 3.63) is 48.3 Å². The molecule has 0 bridgehead atoms. The van der Waals surface area contributed by atoms with Gasteiger partial charge in [-0.2, -0.15) is 4.98 Å². The third-order valence-electron chi connectivity index (χ3n) is 4.02. The minimum atomic E-state index is -0.0696. The van der Waals surface area contributed by atoms with Gasteiger partial charge in [-0.05, 0) is 18.4 Å². The van der Waals surface area contributed by atoms with E-state index in [0.717, 1.165) is 24.9 Å². The van der Waals surface area contributed by atoms with Gasteiger partial charge >= 0.3 is 0 Å². The molecule has 0 aliphatic carbocycles. The summed E-state index contributed by atoms with van der Waals surface area (Å²) in [6, 6.07) is 9.80. The maximum Gasteiger partial charge on any atom is 0.235 e. The molecule has 6 nitrogen and oxygen atoms in total. The number of amides is 1. The minimum Gasteiger partial charge on any atom is -0.480 e. The third-order valence-corrected chi connectivity index (χ3v) is 4.02. The van der Waals surface area contributed by atoms with Crippen LogP contribution in [0.5, 0.6) is 11.8 Å². The number of benzene rings is 1. The Labute approximate surface area is 141 Å². The first kappa shape index (κ1) is 16.2. The van der Waals surface area contributed by atoms with Crippen molar-refractivity contribution in [2.75, 3.05) is 20.2 Å². The van der Waals surface area contributed by atoms with E-state index in [1.165, 1.54) is 6.20 Å². The van der Waals surface area contributed by atoms with Crippen LogP contribution in [0.1, 0.15) is 18.4 Å². The number of rotatable bonds is 5. The van der Waals surface area contributed by atoms with Gasteiger partial charge in [0.05, 0.1) is 32.5 Å². The number of hydrogen-bond acceptors (Lipinski definition) is 5. The second-order valence-electron chi connectivity index (χ2n) is 5.78. The average molecular weight is 327 g/mol. The van der Waals surface area contributed by atoms with E-state index in [4.69, 9.17) is 9.47 Å². The lowest BCUT2D eigenvalue weighted by atomic mass is 10.1. The molecule has 1 aliphatic heterocycles. The highest BCUT2D eigenvalue weighted by Crippen LogP contribution is 2.18. The summed E-state index contributed by atoms with van der Waals surface area (Å²) in [5.41, 5.74) is 1.03. The first-order valence-electron chi connectivity index (χ1n) is 8.09. The Morgan fingerprint density at radius 2 is 2.04 bits per heavy atom. The van der Waals surface area contributed by atoms with Gasteiger partial charge in [0.15, 0.2) is 0 Å². The lowest BCUT2D eigenvalue weighted by Gasteiger charge is -2.32. The fourth-order valence-electron chi connectivity index (χ4n) is 2.80. The molecule has 1 unspecified atom stereocenters. The van der Waals surface area contributed by atoms with Gasteiger partial charge in [0.1, 0.15) is 6.10 Å². The van der Waals surface area contributed by atoms with Gasteiger partial charge in [-0.3, -0.25) is 9.78 Å². The second kappa shape index (κ2) is 7.77. The van der Waals surface area contributed by atoms with E-state index >= 15 is 0 Å². The maximum atomic E-state index is 12.5. The molecule has 0 saturated carbocycles. The first-order chi connectivity index (χ1) is 11.7. The highest BCUT2D eigenvalue weighted by atomic mass is 16.5. The largest absolute Gasteiger partial charge is 0.480 e. The van der Waals surface area contributed by atoms with Gasteiger partial charge in [0, 0.05) is 6.54 Å². The second-order valence-corrected chi connectivity index (χ2v) is 5.78. The molecular weight excluding hydrogens is 306 g/mol. The highest BCUT2D eigenvalue weighted by molar-refractivity contribution is 5.78. The van der Waals surface area contributed by atoms with Crippen molar-refractivity contribution in [1.82, 2.24) is 14.9 Å². The summed E-state index contributed by atoms with van der Waals surface area (Å²) in [7, 11) is 1.54. The number of likely N-dealkylation sites (tertiary alicyclic amines) is 1. The van der Waals surface area contributed by atoms with E-state index in [2.05, 4.69) is 9.97 Å². The molecule has 1 fully saturated rings. The van der Waals surface area contributed by atoms with Crippen molar-refractivity contribution >= 4 is 5.91 Å². The molecule has 24 heavy (non-hydrogen) atoms. The summed E-state index contributed by atoms with van der Waals surface area (Å²) < 4.78 is 10.9. The van der Waals surface area contributed by atoms with E-state index in [0.29, 0.717) is 24.7 Å². The molecule has 0 N–H and O–H groups in total. The monoisotopic (exact) mass is 327 g/mol. The van der Waals surface area contributed by atoms with Crippen LogP contribution in [0.2, 0.25) is 0 Å². The van der Waals surface area contributed by atoms with Crippen LogP contribution in [0.4, 0.5) is 0 Å². The normalized spacial score (nSPS) is 17.4. The molecular formula is C18H21N3O3. The molecule has 3 rings (SSSR count). The number of aromatic nitrogens is 2. The lowest BCUT2D eigenvalue weighted by Crippen LogP contribution is -2.45. The zero-order chi connectivity index (χ0) is 16.8. The third kappa shape index (κ3) is 4.22. The summed E-state index contributed by atoms with van der Waals surface area (Å²) in [6.07, 6.45) is 5.26. The fraction of sp³-hybridized carbons (Fsp3) is 0.389. The molecule has 1 aromatic carbocycles. The van der Waals surface area contributed by atoms with Crippen LogP contribution in [0.3, 0.4) is 0 Å². The molecule has 0 spiro atoms. The van der Waals surface area contributed by atoms with Crippen molar-refractivity contribution < 1.29 is 14.3 Å². The minimum absolute atomic E-state index is 0.0696. The molecule has 1 aliphatic rings. The van der Waals surface area contributed by atoms with Crippen molar-refractivity contribution in [3.8, 4) is 11.8 Å². The van der Waals surface area contributed by atoms with Crippen LogP contribution >= 0.6 is 0 Å². The topological polar surface area (TPSA) is 64.6 Å². The van der Waals surface area contributed by atoms with Crippen molar-refractivity contribution in [1.29, 1.82) is 0 Å². The van der Waals surface area contributed by atoms with Crippen molar-refractivity contribution in [2.45, 2.75) is 25.4 Å². The molecule has 1 aromatic heterocycles. The first-order valence-corrected chi connectivity index (χ1v) is 8.09. The highest BCUT2D eigenvalue weighted by Gasteiger charge is 2.25. The average Bonchev–Trinajstić information content (AvgIpc) is 2.63. The molecule has 1 saturated heterocycles. The predicted octanol–water partition coefficient (Wildman–Crippen LogP) is 2.10. The Morgan fingerprint density at radius 1 is 1.25 bits per heavy atom. The van der Waals surface area contributed by atoms with E-state index in [9.17, 15) is 4.79 Å². The van der Waals surface area contributed by atoms with Crippen LogP contribution < -0.4 is 9.47 Å². The van der Waals surface area contributed by atoms with Crippen LogP contribution in [-0.2, 0) is 11.2 Å². The fourth-order valence-corrected chi connectivity index (χ4v) is 2.80. The van der Waals surface area contributed by atoms with Crippen LogP contribution in [0, 0.1) is 0 Å². The Kier molecular flexibility index (Phi) is 5.25. The van der Waals surface area contributed by atoms with E-state index in [1.54, 1.807) is 13.3 Å². The zero-order valence-corrected chi connectivity index (χ0v) is 13.7. The number of ether oxygens (including phenoxy) is 2. The van der Waals surface area contributed by atoms with Crippen LogP contribution in [0.25, 0.3) is 0 Å². The summed E-state index contributed by atoms with van der Waals surface area (Å²) in [4.78, 5) is 22.6. The van der Waals surface area contributed by atoms with Crippen LogP contribution in [0.15, 0.2) is 42.7 Å². The standard InChI is InChI=1S/C18H21N3O3/c1-23-16-11-19-12-17(20-16)24-15-8-5-9-21(13-15)18(22)10-14-6-3-2-4-7-14/h2-4,6-7,11-12,15H,5,8-10,13H2,1H3. The van der Waals surface area contributed by atoms with E-state index in [-0.39, 0.29) is 12.0 Å². The van der Waals surface area contributed by atoms with Gasteiger partial charge in [-0.25, -0.2) is 0 Å². The Bertz CT molecular complexity index is 678. The van der Waals surface area contributed by atoms with E-state index in [1.807, 2.05) is 35.2 Å². The molecule has 6 heteroatoms. The Hall–Kier alpha value is -2.63. The molecule has 0 radical (unpaired) electrons. The number of methoxy groups -OCH3 is 1. The van der Waals surface area contributed by atoms with Gasteiger partial charge in [0.25, 0.3) is 0 Å².